The second-order valence-electron chi connectivity index (χ2n) is 5.46. The molecule has 0 aromatic heterocycles. The Labute approximate surface area is 119 Å². The van der Waals surface area contributed by atoms with E-state index < -0.39 is 17.7 Å². The number of ether oxygens (including phenoxy) is 1. The summed E-state index contributed by atoms with van der Waals surface area (Å²) >= 11 is 0. The molecule has 7 heteroatoms. The van der Waals surface area contributed by atoms with E-state index in [-0.39, 0.29) is 24.5 Å². The topological polar surface area (TPSA) is 114 Å². The van der Waals surface area contributed by atoms with E-state index in [0.717, 1.165) is 6.42 Å². The fourth-order valence-corrected chi connectivity index (χ4v) is 2.21. The maximum Gasteiger partial charge on any atom is 0.312 e. The third kappa shape index (κ3) is 4.08. The highest BCUT2D eigenvalue weighted by atomic mass is 16.5. The monoisotopic (exact) mass is 287 g/mol. The Bertz CT molecular complexity index is 364. The van der Waals surface area contributed by atoms with Gasteiger partial charge in [-0.05, 0) is 12.8 Å². The van der Waals surface area contributed by atoms with E-state index in [0.29, 0.717) is 13.0 Å². The van der Waals surface area contributed by atoms with Crippen LogP contribution in [0.3, 0.4) is 0 Å². The molecule has 7 nitrogen and oxygen atoms in total. The lowest BCUT2D eigenvalue weighted by atomic mass is 9.95. The van der Waals surface area contributed by atoms with Gasteiger partial charge in [-0.25, -0.2) is 4.79 Å². The largest absolute Gasteiger partial charge is 0.385 e. The Morgan fingerprint density at radius 1 is 1.55 bits per heavy atom. The van der Waals surface area contributed by atoms with Gasteiger partial charge in [0.1, 0.15) is 11.6 Å². The van der Waals surface area contributed by atoms with Gasteiger partial charge in [-0.15, -0.1) is 0 Å². The highest BCUT2D eigenvalue weighted by molar-refractivity contribution is 5.86. The molecule has 0 spiro atoms. The number of aliphatic hydroxyl groups is 1. The SMILES string of the molecule is CCC(C)C(NC(N)=O)C(=O)NCC1(O)CCOC1C. The van der Waals surface area contributed by atoms with Gasteiger partial charge in [-0.2, -0.15) is 0 Å². The molecule has 0 aromatic carbocycles. The number of hydrogen-bond donors (Lipinski definition) is 4. The van der Waals surface area contributed by atoms with Gasteiger partial charge in [-0.3, -0.25) is 4.79 Å². The van der Waals surface area contributed by atoms with Gasteiger partial charge in [0.25, 0.3) is 0 Å². The van der Waals surface area contributed by atoms with Crippen LogP contribution < -0.4 is 16.4 Å². The van der Waals surface area contributed by atoms with Crippen molar-refractivity contribution in [2.45, 2.75) is 51.4 Å². The average molecular weight is 287 g/mol. The highest BCUT2D eigenvalue weighted by Gasteiger charge is 2.40. The lowest BCUT2D eigenvalue weighted by molar-refractivity contribution is -0.125. The minimum Gasteiger partial charge on any atom is -0.385 e. The Hall–Kier alpha value is -1.34. The lowest BCUT2D eigenvalue weighted by Gasteiger charge is -2.28. The summed E-state index contributed by atoms with van der Waals surface area (Å²) in [5, 5.41) is 15.4. The predicted octanol–water partition coefficient (Wildman–Crippen LogP) is -0.274. The van der Waals surface area contributed by atoms with Gasteiger partial charge in [0, 0.05) is 19.6 Å². The maximum atomic E-state index is 12.2. The summed E-state index contributed by atoms with van der Waals surface area (Å²) in [7, 11) is 0. The predicted molar refractivity (Wildman–Crippen MR) is 74.0 cm³/mol. The third-order valence-corrected chi connectivity index (χ3v) is 4.02. The lowest BCUT2D eigenvalue weighted by Crippen LogP contribution is -2.55. The summed E-state index contributed by atoms with van der Waals surface area (Å²) in [4.78, 5) is 23.1. The van der Waals surface area contributed by atoms with Crippen molar-refractivity contribution in [1.29, 1.82) is 0 Å². The number of rotatable bonds is 6. The number of amides is 3. The molecule has 5 N–H and O–H groups in total. The molecule has 0 bridgehead atoms. The van der Waals surface area contributed by atoms with Crippen molar-refractivity contribution in [2.75, 3.05) is 13.2 Å². The molecule has 4 unspecified atom stereocenters. The Morgan fingerprint density at radius 3 is 2.65 bits per heavy atom. The first-order valence-electron chi connectivity index (χ1n) is 6.97. The van der Waals surface area contributed by atoms with E-state index in [1.165, 1.54) is 0 Å². The maximum absolute atomic E-state index is 12.2. The zero-order valence-electron chi connectivity index (χ0n) is 12.3. The van der Waals surface area contributed by atoms with Gasteiger partial charge in [0.2, 0.25) is 5.91 Å². The first kappa shape index (κ1) is 16.7. The molecular weight excluding hydrogens is 262 g/mol. The Morgan fingerprint density at radius 2 is 2.20 bits per heavy atom. The van der Waals surface area contributed by atoms with Crippen molar-refractivity contribution in [1.82, 2.24) is 10.6 Å². The van der Waals surface area contributed by atoms with Crippen LogP contribution in [0.5, 0.6) is 0 Å². The molecule has 1 heterocycles. The quantitative estimate of drug-likeness (QED) is 0.538. The van der Waals surface area contributed by atoms with Crippen molar-refractivity contribution >= 4 is 11.9 Å². The van der Waals surface area contributed by atoms with Crippen LogP contribution in [0.15, 0.2) is 0 Å². The smallest absolute Gasteiger partial charge is 0.312 e. The molecule has 3 amide bonds. The summed E-state index contributed by atoms with van der Waals surface area (Å²) in [6.45, 7) is 6.12. The van der Waals surface area contributed by atoms with Crippen molar-refractivity contribution in [3.05, 3.63) is 0 Å². The van der Waals surface area contributed by atoms with Crippen molar-refractivity contribution < 1.29 is 19.4 Å². The number of urea groups is 1. The van der Waals surface area contributed by atoms with Gasteiger partial charge >= 0.3 is 6.03 Å². The molecule has 116 valence electrons. The number of carbonyl (C=O) groups excluding carboxylic acids is 2. The fraction of sp³-hybridized carbons (Fsp3) is 0.846. The molecule has 1 aliphatic rings. The number of nitrogens with two attached hydrogens (primary N) is 1. The van der Waals surface area contributed by atoms with E-state index >= 15 is 0 Å². The molecule has 1 rings (SSSR count). The van der Waals surface area contributed by atoms with Gasteiger partial charge < -0.3 is 26.2 Å². The number of carbonyl (C=O) groups is 2. The fourth-order valence-electron chi connectivity index (χ4n) is 2.21. The molecular formula is C13H25N3O4. The third-order valence-electron chi connectivity index (χ3n) is 4.02. The number of hydrogen-bond acceptors (Lipinski definition) is 4. The van der Waals surface area contributed by atoms with Gasteiger partial charge in [0.05, 0.1) is 6.10 Å². The van der Waals surface area contributed by atoms with Crippen molar-refractivity contribution in [2.24, 2.45) is 11.7 Å². The summed E-state index contributed by atoms with van der Waals surface area (Å²) in [5.74, 6) is -0.389. The molecule has 1 aliphatic heterocycles. The van der Waals surface area contributed by atoms with E-state index in [1.807, 2.05) is 13.8 Å². The first-order chi connectivity index (χ1) is 9.30. The standard InChI is InChI=1S/C13H25N3O4/c1-4-8(2)10(16-12(14)18)11(17)15-7-13(19)5-6-20-9(13)3/h8-10,19H,4-7H2,1-3H3,(H,15,17)(H3,14,16,18). The Kier molecular flexibility index (Phi) is 5.76. The zero-order chi connectivity index (χ0) is 15.3. The van der Waals surface area contributed by atoms with Gasteiger partial charge in [0.15, 0.2) is 0 Å². The van der Waals surface area contributed by atoms with Crippen LogP contribution in [0.1, 0.15) is 33.6 Å². The summed E-state index contributed by atoms with van der Waals surface area (Å²) < 4.78 is 5.30. The number of primary amides is 1. The van der Waals surface area contributed by atoms with Crippen molar-refractivity contribution in [3.63, 3.8) is 0 Å². The van der Waals surface area contributed by atoms with E-state index in [1.54, 1.807) is 6.92 Å². The second kappa shape index (κ2) is 6.90. The summed E-state index contributed by atoms with van der Waals surface area (Å²) in [6, 6.07) is -1.43. The molecule has 1 saturated heterocycles. The normalized spacial score (nSPS) is 28.7. The molecule has 1 fully saturated rings. The minimum absolute atomic E-state index is 0.0469. The first-order valence-corrected chi connectivity index (χ1v) is 6.97. The minimum atomic E-state index is -1.05. The van der Waals surface area contributed by atoms with Crippen LogP contribution in [0, 0.1) is 5.92 Å². The van der Waals surface area contributed by atoms with Crippen LogP contribution in [0.25, 0.3) is 0 Å². The molecule has 0 saturated carbocycles. The number of nitrogens with one attached hydrogen (secondary N) is 2. The zero-order valence-corrected chi connectivity index (χ0v) is 12.3. The highest BCUT2D eigenvalue weighted by Crippen LogP contribution is 2.24. The molecule has 4 atom stereocenters. The second-order valence-corrected chi connectivity index (χ2v) is 5.46. The van der Waals surface area contributed by atoms with Crippen LogP contribution in [-0.4, -0.2) is 47.9 Å². The summed E-state index contributed by atoms with van der Waals surface area (Å²) in [5.41, 5.74) is 4.04. The van der Waals surface area contributed by atoms with E-state index in [4.69, 9.17) is 10.5 Å². The van der Waals surface area contributed by atoms with Gasteiger partial charge in [-0.1, -0.05) is 20.3 Å². The van der Waals surface area contributed by atoms with Crippen LogP contribution in [-0.2, 0) is 9.53 Å². The van der Waals surface area contributed by atoms with E-state index in [2.05, 4.69) is 10.6 Å². The van der Waals surface area contributed by atoms with Crippen LogP contribution in [0.4, 0.5) is 4.79 Å². The molecule has 0 radical (unpaired) electrons. The Balaban J connectivity index is 2.60. The summed E-state index contributed by atoms with van der Waals surface area (Å²) in [6.07, 6.45) is 0.877. The van der Waals surface area contributed by atoms with Crippen molar-refractivity contribution in [3.8, 4) is 0 Å². The average Bonchev–Trinajstić information content (AvgIpc) is 2.72. The molecule has 0 aliphatic carbocycles. The molecule has 0 aromatic rings. The van der Waals surface area contributed by atoms with E-state index in [9.17, 15) is 14.7 Å². The van der Waals surface area contributed by atoms with Crippen LogP contribution in [0.2, 0.25) is 0 Å². The molecule has 20 heavy (non-hydrogen) atoms. The van der Waals surface area contributed by atoms with Crippen LogP contribution >= 0.6 is 0 Å².